The van der Waals surface area contributed by atoms with Gasteiger partial charge in [0.2, 0.25) is 0 Å². The molecule has 0 saturated carbocycles. The topological polar surface area (TPSA) is 20.2 Å². The molecule has 3 heteroatoms. The van der Waals surface area contributed by atoms with E-state index in [0.717, 1.165) is 24.8 Å². The lowest BCUT2D eigenvalue weighted by atomic mass is 9.78. The molecular weight excluding hydrogens is 275 g/mol. The van der Waals surface area contributed by atoms with E-state index in [1.807, 2.05) is 18.2 Å². The minimum Gasteiger partial charge on any atom is -0.388 e. The molecule has 2 atom stereocenters. The molecule has 0 amide bonds. The number of benzene rings is 2. The van der Waals surface area contributed by atoms with Crippen molar-refractivity contribution in [2.24, 2.45) is 0 Å². The zero-order valence-electron chi connectivity index (χ0n) is 11.0. The lowest BCUT2D eigenvalue weighted by Gasteiger charge is -2.29. The van der Waals surface area contributed by atoms with Gasteiger partial charge in [0.25, 0.3) is 0 Å². The number of aryl methyl sites for hydroxylation is 1. The predicted molar refractivity (Wildman–Crippen MR) is 78.5 cm³/mol. The van der Waals surface area contributed by atoms with Crippen LogP contribution in [0, 0.1) is 5.82 Å². The van der Waals surface area contributed by atoms with Crippen LogP contribution in [0.4, 0.5) is 4.39 Å². The molecule has 2 aromatic carbocycles. The third-order valence-corrected chi connectivity index (χ3v) is 4.31. The largest absolute Gasteiger partial charge is 0.388 e. The van der Waals surface area contributed by atoms with Gasteiger partial charge < -0.3 is 5.11 Å². The molecule has 20 heavy (non-hydrogen) atoms. The summed E-state index contributed by atoms with van der Waals surface area (Å²) in [4.78, 5) is 0. The van der Waals surface area contributed by atoms with Crippen molar-refractivity contribution in [2.75, 3.05) is 0 Å². The Morgan fingerprint density at radius 2 is 2.00 bits per heavy atom. The highest BCUT2D eigenvalue weighted by Gasteiger charge is 2.28. The fourth-order valence-corrected chi connectivity index (χ4v) is 3.24. The molecular formula is C17H16ClFO. The van der Waals surface area contributed by atoms with Gasteiger partial charge in [0.15, 0.2) is 0 Å². The van der Waals surface area contributed by atoms with Crippen molar-refractivity contribution < 1.29 is 9.50 Å². The van der Waals surface area contributed by atoms with Gasteiger partial charge in [-0.3, -0.25) is 0 Å². The van der Waals surface area contributed by atoms with Gasteiger partial charge in [-0.2, -0.15) is 0 Å². The molecule has 0 saturated heterocycles. The molecule has 2 aromatic rings. The van der Waals surface area contributed by atoms with Crippen molar-refractivity contribution >= 4 is 11.6 Å². The van der Waals surface area contributed by atoms with Crippen molar-refractivity contribution in [2.45, 2.75) is 31.3 Å². The maximum atomic E-state index is 14.0. The summed E-state index contributed by atoms with van der Waals surface area (Å²) in [5.74, 6) is -0.483. The van der Waals surface area contributed by atoms with E-state index >= 15 is 0 Å². The van der Waals surface area contributed by atoms with Crippen LogP contribution in [-0.2, 0) is 6.42 Å². The molecule has 2 unspecified atom stereocenters. The summed E-state index contributed by atoms with van der Waals surface area (Å²) in [6.07, 6.45) is 2.10. The van der Waals surface area contributed by atoms with Crippen LogP contribution in [-0.4, -0.2) is 5.11 Å². The lowest BCUT2D eigenvalue weighted by molar-refractivity contribution is 0.132. The van der Waals surface area contributed by atoms with E-state index in [1.165, 1.54) is 11.6 Å². The molecule has 0 radical (unpaired) electrons. The van der Waals surface area contributed by atoms with Crippen molar-refractivity contribution in [3.63, 3.8) is 0 Å². The standard InChI is InChI=1S/C17H16ClFO/c18-12-8-9-15(16(19)10-12)17(20)14-7-3-5-11-4-1-2-6-13(11)14/h1-2,4,6,8-10,14,17,20H,3,5,7H2. The zero-order valence-corrected chi connectivity index (χ0v) is 11.8. The second-order valence-corrected chi connectivity index (χ2v) is 5.74. The van der Waals surface area contributed by atoms with Crippen LogP contribution in [0.15, 0.2) is 42.5 Å². The first-order valence-corrected chi connectivity index (χ1v) is 7.25. The Labute approximate surface area is 123 Å². The lowest BCUT2D eigenvalue weighted by Crippen LogP contribution is -2.18. The van der Waals surface area contributed by atoms with Gasteiger partial charge in [0, 0.05) is 16.5 Å². The van der Waals surface area contributed by atoms with Gasteiger partial charge in [-0.05, 0) is 42.5 Å². The number of fused-ring (bicyclic) bond motifs is 1. The quantitative estimate of drug-likeness (QED) is 0.855. The molecule has 104 valence electrons. The summed E-state index contributed by atoms with van der Waals surface area (Å²) >= 11 is 5.77. The first-order valence-electron chi connectivity index (χ1n) is 6.87. The molecule has 3 rings (SSSR count). The number of aliphatic hydroxyl groups is 1. The normalized spacial score (nSPS) is 19.4. The average Bonchev–Trinajstić information content (AvgIpc) is 2.46. The summed E-state index contributed by atoms with van der Waals surface area (Å²) < 4.78 is 14.0. The molecule has 0 aromatic heterocycles. The maximum absolute atomic E-state index is 14.0. The fraction of sp³-hybridized carbons (Fsp3) is 0.294. The van der Waals surface area contributed by atoms with E-state index in [4.69, 9.17) is 11.6 Å². The average molecular weight is 291 g/mol. The number of hydrogen-bond donors (Lipinski definition) is 1. The van der Waals surface area contributed by atoms with E-state index < -0.39 is 11.9 Å². The third-order valence-electron chi connectivity index (χ3n) is 4.08. The van der Waals surface area contributed by atoms with Crippen LogP contribution in [0.5, 0.6) is 0 Å². The number of rotatable bonds is 2. The molecule has 0 aliphatic heterocycles. The maximum Gasteiger partial charge on any atom is 0.130 e. The first kappa shape index (κ1) is 13.6. The second-order valence-electron chi connectivity index (χ2n) is 5.31. The molecule has 1 N–H and O–H groups in total. The van der Waals surface area contributed by atoms with Crippen LogP contribution in [0.1, 0.15) is 41.6 Å². The van der Waals surface area contributed by atoms with Crippen molar-refractivity contribution in [1.29, 1.82) is 0 Å². The highest BCUT2D eigenvalue weighted by atomic mass is 35.5. The van der Waals surface area contributed by atoms with Gasteiger partial charge in [-0.25, -0.2) is 4.39 Å². The molecule has 0 bridgehead atoms. The van der Waals surface area contributed by atoms with Crippen LogP contribution in [0.2, 0.25) is 5.02 Å². The van der Waals surface area contributed by atoms with Crippen LogP contribution in [0.3, 0.4) is 0 Å². The summed E-state index contributed by atoms with van der Waals surface area (Å²) in [6.45, 7) is 0. The Kier molecular flexibility index (Phi) is 3.77. The van der Waals surface area contributed by atoms with Gasteiger partial charge in [0.05, 0.1) is 6.10 Å². The van der Waals surface area contributed by atoms with E-state index in [-0.39, 0.29) is 5.92 Å². The Balaban J connectivity index is 1.97. The van der Waals surface area contributed by atoms with Gasteiger partial charge in [-0.1, -0.05) is 41.9 Å². The highest BCUT2D eigenvalue weighted by Crippen LogP contribution is 2.41. The van der Waals surface area contributed by atoms with Gasteiger partial charge >= 0.3 is 0 Å². The first-order chi connectivity index (χ1) is 9.66. The van der Waals surface area contributed by atoms with Crippen LogP contribution >= 0.6 is 11.6 Å². The zero-order chi connectivity index (χ0) is 14.1. The minimum atomic E-state index is -0.825. The van der Waals surface area contributed by atoms with Crippen LogP contribution in [0.25, 0.3) is 0 Å². The van der Waals surface area contributed by atoms with Gasteiger partial charge in [0.1, 0.15) is 5.82 Å². The monoisotopic (exact) mass is 290 g/mol. The summed E-state index contributed by atoms with van der Waals surface area (Å²) in [5.41, 5.74) is 2.73. The van der Waals surface area contributed by atoms with Crippen molar-refractivity contribution in [1.82, 2.24) is 0 Å². The SMILES string of the molecule is OC(c1ccc(Cl)cc1F)C1CCCc2ccccc21. The Bertz CT molecular complexity index is 626. The highest BCUT2D eigenvalue weighted by molar-refractivity contribution is 6.30. The summed E-state index contributed by atoms with van der Waals surface area (Å²) in [7, 11) is 0. The minimum absolute atomic E-state index is 0.0457. The molecule has 1 aliphatic carbocycles. The van der Waals surface area contributed by atoms with Crippen LogP contribution < -0.4 is 0 Å². The van der Waals surface area contributed by atoms with Crippen molar-refractivity contribution in [3.8, 4) is 0 Å². The van der Waals surface area contributed by atoms with E-state index in [9.17, 15) is 9.50 Å². The smallest absolute Gasteiger partial charge is 0.130 e. The molecule has 1 nitrogen and oxygen atoms in total. The summed E-state index contributed by atoms with van der Waals surface area (Å²) in [5, 5.41) is 10.9. The van der Waals surface area contributed by atoms with E-state index in [0.29, 0.717) is 10.6 Å². The van der Waals surface area contributed by atoms with E-state index in [1.54, 1.807) is 12.1 Å². The number of aliphatic hydroxyl groups excluding tert-OH is 1. The molecule has 1 aliphatic rings. The van der Waals surface area contributed by atoms with E-state index in [2.05, 4.69) is 6.07 Å². The summed E-state index contributed by atoms with van der Waals surface area (Å²) in [6, 6.07) is 12.6. The predicted octanol–water partition coefficient (Wildman–Crippen LogP) is 4.63. The Morgan fingerprint density at radius 1 is 1.20 bits per heavy atom. The Morgan fingerprint density at radius 3 is 2.80 bits per heavy atom. The fourth-order valence-electron chi connectivity index (χ4n) is 3.08. The third kappa shape index (κ3) is 2.46. The number of halogens is 2. The molecule has 0 fully saturated rings. The number of hydrogen-bond acceptors (Lipinski definition) is 1. The second kappa shape index (κ2) is 5.55. The molecule has 0 heterocycles. The van der Waals surface area contributed by atoms with Crippen molar-refractivity contribution in [3.05, 3.63) is 70.0 Å². The molecule has 0 spiro atoms. The van der Waals surface area contributed by atoms with Gasteiger partial charge in [-0.15, -0.1) is 0 Å². The Hall–Kier alpha value is -1.38.